The van der Waals surface area contributed by atoms with Crippen LogP contribution in [0.2, 0.25) is 0 Å². The molecule has 2 heterocycles. The van der Waals surface area contributed by atoms with Gasteiger partial charge < -0.3 is 14.2 Å². The average molecular weight is 475 g/mol. The van der Waals surface area contributed by atoms with Gasteiger partial charge in [-0.1, -0.05) is 18.2 Å². The Labute approximate surface area is 203 Å². The van der Waals surface area contributed by atoms with E-state index >= 15 is 0 Å². The van der Waals surface area contributed by atoms with E-state index in [9.17, 15) is 14.9 Å². The molecule has 9 heteroatoms. The van der Waals surface area contributed by atoms with Gasteiger partial charge in [-0.25, -0.2) is 9.59 Å². The first-order chi connectivity index (χ1) is 16.6. The number of carbonyl (C=O) groups excluding carboxylic acids is 1. The van der Waals surface area contributed by atoms with E-state index in [1.807, 2.05) is 31.2 Å². The third-order valence-corrected chi connectivity index (χ3v) is 5.17. The third-order valence-electron chi connectivity index (χ3n) is 5.17. The van der Waals surface area contributed by atoms with E-state index in [2.05, 4.69) is 11.1 Å². The predicted octanol–water partition coefficient (Wildman–Crippen LogP) is 4.55. The number of ether oxygens (including phenoxy) is 3. The molecule has 0 radical (unpaired) electrons. The highest BCUT2D eigenvalue weighted by Crippen LogP contribution is 2.28. The zero-order valence-electron chi connectivity index (χ0n) is 20.1. The summed E-state index contributed by atoms with van der Waals surface area (Å²) in [5.74, 6) is 1.52. The topological polar surface area (TPSA) is 107 Å². The maximum absolute atomic E-state index is 12.6. The Morgan fingerprint density at radius 3 is 2.66 bits per heavy atom. The van der Waals surface area contributed by atoms with Crippen LogP contribution in [0.15, 0.2) is 53.3 Å². The van der Waals surface area contributed by atoms with Crippen LogP contribution in [0.1, 0.15) is 37.5 Å². The summed E-state index contributed by atoms with van der Waals surface area (Å²) >= 11 is 0. The molecule has 1 aromatic heterocycles. The van der Waals surface area contributed by atoms with Crippen molar-refractivity contribution in [3.8, 4) is 23.4 Å². The van der Waals surface area contributed by atoms with Crippen LogP contribution < -0.4 is 20.1 Å². The molecule has 9 nitrogen and oxygen atoms in total. The van der Waals surface area contributed by atoms with E-state index in [1.54, 1.807) is 45.0 Å². The van der Waals surface area contributed by atoms with Crippen molar-refractivity contribution in [2.75, 3.05) is 11.4 Å². The predicted molar refractivity (Wildman–Crippen MR) is 129 cm³/mol. The lowest BCUT2D eigenvalue weighted by molar-refractivity contribution is 0.0584. The van der Waals surface area contributed by atoms with Gasteiger partial charge in [0.15, 0.2) is 0 Å². The number of rotatable bonds is 5. The lowest BCUT2D eigenvalue weighted by Crippen LogP contribution is -2.36. The van der Waals surface area contributed by atoms with E-state index < -0.39 is 17.4 Å². The van der Waals surface area contributed by atoms with E-state index in [1.165, 1.54) is 9.47 Å². The average Bonchev–Trinajstić information content (AvgIpc) is 3.22. The molecule has 0 bridgehead atoms. The van der Waals surface area contributed by atoms with Gasteiger partial charge in [0.25, 0.3) is 0 Å². The SMILES string of the molecule is Cc1cccc(Oc2ccc(COc3cc4n(c(=O)n3)CCN4C(=O)OC(C)(C)C)cc2C#N)c1. The molecule has 0 fully saturated rings. The van der Waals surface area contributed by atoms with Gasteiger partial charge >= 0.3 is 11.8 Å². The van der Waals surface area contributed by atoms with Gasteiger partial charge in [-0.2, -0.15) is 10.2 Å². The molecule has 1 aliphatic rings. The molecule has 0 saturated carbocycles. The van der Waals surface area contributed by atoms with Crippen molar-refractivity contribution in [2.24, 2.45) is 0 Å². The van der Waals surface area contributed by atoms with Crippen LogP contribution in [0, 0.1) is 18.3 Å². The van der Waals surface area contributed by atoms with Crippen molar-refractivity contribution in [1.29, 1.82) is 5.26 Å². The molecule has 0 aliphatic carbocycles. The molecule has 0 unspecified atom stereocenters. The van der Waals surface area contributed by atoms with E-state index in [0.29, 0.717) is 41.5 Å². The smallest absolute Gasteiger partial charge is 0.416 e. The zero-order chi connectivity index (χ0) is 25.2. The molecule has 35 heavy (non-hydrogen) atoms. The molecular weight excluding hydrogens is 448 g/mol. The Hall–Kier alpha value is -4.32. The Morgan fingerprint density at radius 1 is 1.14 bits per heavy atom. The highest BCUT2D eigenvalue weighted by molar-refractivity contribution is 5.87. The minimum absolute atomic E-state index is 0.0712. The van der Waals surface area contributed by atoms with Gasteiger partial charge in [0.2, 0.25) is 5.88 Å². The maximum Gasteiger partial charge on any atom is 0.416 e. The van der Waals surface area contributed by atoms with Crippen molar-refractivity contribution >= 4 is 11.9 Å². The maximum atomic E-state index is 12.6. The summed E-state index contributed by atoms with van der Waals surface area (Å²) in [5, 5.41) is 9.59. The minimum atomic E-state index is -0.662. The Morgan fingerprint density at radius 2 is 1.94 bits per heavy atom. The molecule has 180 valence electrons. The molecular formula is C26H26N4O5. The van der Waals surface area contributed by atoms with Gasteiger partial charge in [-0.3, -0.25) is 9.47 Å². The number of fused-ring (bicyclic) bond motifs is 1. The first-order valence-corrected chi connectivity index (χ1v) is 11.2. The first kappa shape index (κ1) is 23.8. The molecule has 0 saturated heterocycles. The Kier molecular flexibility index (Phi) is 6.47. The van der Waals surface area contributed by atoms with Gasteiger partial charge in [0.1, 0.15) is 35.6 Å². The summed E-state index contributed by atoms with van der Waals surface area (Å²) in [6, 6.07) is 16.4. The van der Waals surface area contributed by atoms with Crippen LogP contribution in [-0.2, 0) is 17.9 Å². The number of hydrogen-bond acceptors (Lipinski definition) is 7. The highest BCUT2D eigenvalue weighted by atomic mass is 16.6. The number of benzene rings is 2. The zero-order valence-corrected chi connectivity index (χ0v) is 20.1. The van der Waals surface area contributed by atoms with Gasteiger partial charge in [0, 0.05) is 19.2 Å². The van der Waals surface area contributed by atoms with E-state index in [4.69, 9.17) is 14.2 Å². The molecule has 0 atom stereocenters. The molecule has 3 aromatic rings. The highest BCUT2D eigenvalue weighted by Gasteiger charge is 2.30. The summed E-state index contributed by atoms with van der Waals surface area (Å²) in [4.78, 5) is 30.4. The minimum Gasteiger partial charge on any atom is -0.473 e. The summed E-state index contributed by atoms with van der Waals surface area (Å²) < 4.78 is 18.5. The fourth-order valence-electron chi connectivity index (χ4n) is 3.60. The van der Waals surface area contributed by atoms with Crippen LogP contribution in [-0.4, -0.2) is 27.8 Å². The second-order valence-electron chi connectivity index (χ2n) is 9.17. The van der Waals surface area contributed by atoms with E-state index in [0.717, 1.165) is 5.56 Å². The lowest BCUT2D eigenvalue weighted by atomic mass is 10.1. The molecule has 4 rings (SSSR count). The van der Waals surface area contributed by atoms with Crippen LogP contribution in [0.5, 0.6) is 17.4 Å². The van der Waals surface area contributed by atoms with Crippen LogP contribution in [0.4, 0.5) is 10.6 Å². The van der Waals surface area contributed by atoms with Crippen molar-refractivity contribution in [3.05, 3.63) is 75.7 Å². The Bertz CT molecular complexity index is 1370. The second-order valence-corrected chi connectivity index (χ2v) is 9.17. The number of hydrogen-bond donors (Lipinski definition) is 0. The van der Waals surface area contributed by atoms with Gasteiger partial charge in [0.05, 0.1) is 5.56 Å². The lowest BCUT2D eigenvalue weighted by Gasteiger charge is -2.24. The second kappa shape index (κ2) is 9.50. The van der Waals surface area contributed by atoms with E-state index in [-0.39, 0.29) is 12.5 Å². The number of nitriles is 1. The molecule has 1 amide bonds. The number of aryl methyl sites for hydroxylation is 1. The van der Waals surface area contributed by atoms with Crippen LogP contribution >= 0.6 is 0 Å². The number of amides is 1. The summed E-state index contributed by atoms with van der Waals surface area (Å²) in [6.07, 6.45) is -0.539. The van der Waals surface area contributed by atoms with Crippen LogP contribution in [0.3, 0.4) is 0 Å². The first-order valence-electron chi connectivity index (χ1n) is 11.2. The third kappa shape index (κ3) is 5.61. The normalized spacial score (nSPS) is 12.6. The summed E-state index contributed by atoms with van der Waals surface area (Å²) in [5.41, 5.74) is 0.928. The fourth-order valence-corrected chi connectivity index (χ4v) is 3.60. The van der Waals surface area contributed by atoms with Crippen LogP contribution in [0.25, 0.3) is 0 Å². The molecule has 2 aromatic carbocycles. The number of carbonyl (C=O) groups is 1. The monoisotopic (exact) mass is 474 g/mol. The van der Waals surface area contributed by atoms with Gasteiger partial charge in [-0.15, -0.1) is 0 Å². The van der Waals surface area contributed by atoms with Crippen molar-refractivity contribution in [1.82, 2.24) is 9.55 Å². The fraction of sp³-hybridized carbons (Fsp3) is 0.308. The molecule has 0 N–H and O–H groups in total. The quantitative estimate of drug-likeness (QED) is 0.534. The van der Waals surface area contributed by atoms with Crippen molar-refractivity contribution < 1.29 is 19.0 Å². The summed E-state index contributed by atoms with van der Waals surface area (Å²) in [6.45, 7) is 8.01. The number of anilines is 1. The van der Waals surface area contributed by atoms with Crippen molar-refractivity contribution in [3.63, 3.8) is 0 Å². The molecule has 0 spiro atoms. The number of aromatic nitrogens is 2. The molecule has 1 aliphatic heterocycles. The number of nitrogens with zero attached hydrogens (tertiary/aromatic N) is 4. The largest absolute Gasteiger partial charge is 0.473 e. The van der Waals surface area contributed by atoms with Gasteiger partial charge in [-0.05, 0) is 63.1 Å². The van der Waals surface area contributed by atoms with Crippen molar-refractivity contribution in [2.45, 2.75) is 46.4 Å². The Balaban J connectivity index is 1.50. The summed E-state index contributed by atoms with van der Waals surface area (Å²) in [7, 11) is 0. The standard InChI is InChI=1S/C26H26N4O5/c1-17-6-5-7-20(12-17)34-21-9-8-18(13-19(21)15-27)16-33-22-14-23-29(24(31)28-22)10-11-30(23)25(32)35-26(2,3)4/h5-9,12-14H,10-11,16H2,1-4H3.